The van der Waals surface area contributed by atoms with Crippen molar-refractivity contribution in [2.24, 2.45) is 0 Å². The highest BCUT2D eigenvalue weighted by Crippen LogP contribution is 2.25. The molecule has 0 aliphatic carbocycles. The zero-order valence-electron chi connectivity index (χ0n) is 10.7. The Morgan fingerprint density at radius 2 is 1.85 bits per heavy atom. The lowest BCUT2D eigenvalue weighted by Crippen LogP contribution is -2.30. The zero-order valence-corrected chi connectivity index (χ0v) is 12.3. The molecule has 1 aromatic heterocycles. The Hall–Kier alpha value is -1.53. The van der Waals surface area contributed by atoms with Gasteiger partial charge < -0.3 is 4.42 Å². The molecule has 0 aliphatic rings. The lowest BCUT2D eigenvalue weighted by atomic mass is 10.3. The predicted molar refractivity (Wildman–Crippen MR) is 74.9 cm³/mol. The van der Waals surface area contributed by atoms with Gasteiger partial charge in [0.2, 0.25) is 5.09 Å². The fourth-order valence-corrected chi connectivity index (χ4v) is 3.33. The number of benzene rings is 1. The van der Waals surface area contributed by atoms with Gasteiger partial charge in [0.25, 0.3) is 10.0 Å². The summed E-state index contributed by atoms with van der Waals surface area (Å²) in [5.41, 5.74) is 0.373. The van der Waals surface area contributed by atoms with Gasteiger partial charge in [-0.3, -0.25) is 4.31 Å². The van der Waals surface area contributed by atoms with E-state index in [0.717, 1.165) is 4.31 Å². The number of sulfonamides is 1. The normalized spacial score (nSPS) is 11.6. The van der Waals surface area contributed by atoms with Crippen molar-refractivity contribution in [1.82, 2.24) is 0 Å². The molecule has 1 aromatic carbocycles. The molecule has 0 N–H and O–H groups in total. The first-order chi connectivity index (χ1) is 9.48. The number of hydrogen-bond donors (Lipinski definition) is 0. The summed E-state index contributed by atoms with van der Waals surface area (Å²) in [6, 6.07) is 8.10. The Balaban J connectivity index is 2.41. The van der Waals surface area contributed by atoms with Crippen LogP contribution in [-0.4, -0.2) is 15.0 Å². The predicted octanol–water partition coefficient (Wildman–Crippen LogP) is 3.37. The Bertz CT molecular complexity index is 682. The highest BCUT2D eigenvalue weighted by Gasteiger charge is 2.27. The van der Waals surface area contributed by atoms with Gasteiger partial charge in [0.05, 0.1) is 11.6 Å². The van der Waals surface area contributed by atoms with Crippen molar-refractivity contribution in [2.45, 2.75) is 17.9 Å². The second-order valence-electron chi connectivity index (χ2n) is 4.00. The van der Waals surface area contributed by atoms with Crippen LogP contribution in [-0.2, 0) is 15.9 Å². The number of alkyl halides is 1. The van der Waals surface area contributed by atoms with Crippen LogP contribution in [0.15, 0.2) is 45.9 Å². The van der Waals surface area contributed by atoms with Crippen LogP contribution in [0.3, 0.4) is 0 Å². The third-order valence-electron chi connectivity index (χ3n) is 2.71. The van der Waals surface area contributed by atoms with E-state index in [1.807, 2.05) is 0 Å². The summed E-state index contributed by atoms with van der Waals surface area (Å²) in [6.45, 7) is 1.89. The average molecular weight is 318 g/mol. The molecular formula is C13H13ClFNO3S. The minimum atomic E-state index is -3.82. The summed E-state index contributed by atoms with van der Waals surface area (Å²) in [7, 11) is -3.82. The molecule has 0 unspecified atom stereocenters. The van der Waals surface area contributed by atoms with Crippen LogP contribution >= 0.6 is 11.6 Å². The number of nitrogens with zero attached hydrogens (tertiary/aromatic N) is 1. The van der Waals surface area contributed by atoms with E-state index in [1.165, 1.54) is 36.4 Å². The van der Waals surface area contributed by atoms with E-state index in [1.54, 1.807) is 6.92 Å². The average Bonchev–Trinajstić information content (AvgIpc) is 2.91. The largest absolute Gasteiger partial charge is 0.447 e. The van der Waals surface area contributed by atoms with Crippen LogP contribution in [0.5, 0.6) is 0 Å². The molecule has 108 valence electrons. The molecule has 4 nitrogen and oxygen atoms in total. The summed E-state index contributed by atoms with van der Waals surface area (Å²) in [6.07, 6.45) is 0. The Morgan fingerprint density at radius 3 is 2.35 bits per heavy atom. The molecule has 2 aromatic rings. The topological polar surface area (TPSA) is 50.5 Å². The van der Waals surface area contributed by atoms with Crippen LogP contribution in [0.25, 0.3) is 0 Å². The fraction of sp³-hybridized carbons (Fsp3) is 0.231. The third kappa shape index (κ3) is 2.81. The first-order valence-corrected chi connectivity index (χ1v) is 7.89. The highest BCUT2D eigenvalue weighted by atomic mass is 35.5. The van der Waals surface area contributed by atoms with Gasteiger partial charge in [-0.15, -0.1) is 11.6 Å². The lowest BCUT2D eigenvalue weighted by Gasteiger charge is -2.21. The molecule has 0 bridgehead atoms. The van der Waals surface area contributed by atoms with Crippen LogP contribution < -0.4 is 4.31 Å². The Morgan fingerprint density at radius 1 is 1.20 bits per heavy atom. The maximum Gasteiger partial charge on any atom is 0.297 e. The van der Waals surface area contributed by atoms with Gasteiger partial charge in [0.15, 0.2) is 0 Å². The van der Waals surface area contributed by atoms with E-state index >= 15 is 0 Å². The molecule has 0 aliphatic heterocycles. The Labute approximate surface area is 121 Å². The highest BCUT2D eigenvalue weighted by molar-refractivity contribution is 7.92. The number of furan rings is 1. The quantitative estimate of drug-likeness (QED) is 0.794. The summed E-state index contributed by atoms with van der Waals surface area (Å²) in [5, 5.41) is -0.181. The minimum absolute atomic E-state index is 0.0954. The van der Waals surface area contributed by atoms with Gasteiger partial charge in [0, 0.05) is 6.54 Å². The summed E-state index contributed by atoms with van der Waals surface area (Å²) in [4.78, 5) is 0. The molecule has 2 rings (SSSR count). The summed E-state index contributed by atoms with van der Waals surface area (Å²) < 4.78 is 44.2. The van der Waals surface area contributed by atoms with Crippen LogP contribution in [0, 0.1) is 5.82 Å². The fourth-order valence-electron chi connectivity index (χ4n) is 1.78. The molecule has 7 heteroatoms. The number of anilines is 1. The minimum Gasteiger partial charge on any atom is -0.447 e. The maximum atomic E-state index is 12.9. The molecule has 0 radical (unpaired) electrons. The van der Waals surface area contributed by atoms with Crippen molar-refractivity contribution in [3.05, 3.63) is 48.0 Å². The van der Waals surface area contributed by atoms with Crippen LogP contribution in [0.1, 0.15) is 12.7 Å². The monoisotopic (exact) mass is 317 g/mol. The van der Waals surface area contributed by atoms with Crippen molar-refractivity contribution in [3.8, 4) is 0 Å². The van der Waals surface area contributed by atoms with Crippen molar-refractivity contribution < 1.29 is 17.2 Å². The Kier molecular flexibility index (Phi) is 4.35. The standard InChI is InChI=1S/C13H13ClFNO3S/c1-2-16(11-5-3-10(15)4-6-11)20(17,18)13-8-7-12(9-14)19-13/h3-8H,2,9H2,1H3. The van der Waals surface area contributed by atoms with Crippen molar-refractivity contribution in [1.29, 1.82) is 0 Å². The molecule has 0 atom stereocenters. The molecular weight excluding hydrogens is 305 g/mol. The first-order valence-electron chi connectivity index (χ1n) is 5.92. The second-order valence-corrected chi connectivity index (χ2v) is 6.06. The molecule has 0 spiro atoms. The van der Waals surface area contributed by atoms with E-state index in [2.05, 4.69) is 0 Å². The second kappa shape index (κ2) is 5.85. The van der Waals surface area contributed by atoms with Crippen molar-refractivity contribution in [3.63, 3.8) is 0 Å². The number of rotatable bonds is 5. The first kappa shape index (κ1) is 14.9. The smallest absolute Gasteiger partial charge is 0.297 e. The zero-order chi connectivity index (χ0) is 14.8. The van der Waals surface area contributed by atoms with E-state index < -0.39 is 15.8 Å². The van der Waals surface area contributed by atoms with Crippen LogP contribution in [0.2, 0.25) is 0 Å². The van der Waals surface area contributed by atoms with Crippen molar-refractivity contribution in [2.75, 3.05) is 10.8 Å². The maximum absolute atomic E-state index is 12.9. The van der Waals surface area contributed by atoms with Gasteiger partial charge >= 0.3 is 0 Å². The van der Waals surface area contributed by atoms with Gasteiger partial charge in [0.1, 0.15) is 11.6 Å². The molecule has 1 heterocycles. The molecule has 0 fully saturated rings. The molecule has 0 saturated carbocycles. The van der Waals surface area contributed by atoms with E-state index in [0.29, 0.717) is 11.4 Å². The van der Waals surface area contributed by atoms with E-state index in [9.17, 15) is 12.8 Å². The molecule has 0 saturated heterocycles. The van der Waals surface area contributed by atoms with Gasteiger partial charge in [-0.1, -0.05) is 0 Å². The van der Waals surface area contributed by atoms with E-state index in [-0.39, 0.29) is 17.5 Å². The summed E-state index contributed by atoms with van der Waals surface area (Å²) in [5.74, 6) is 0.0445. The van der Waals surface area contributed by atoms with Gasteiger partial charge in [-0.25, -0.2) is 4.39 Å². The summed E-state index contributed by atoms with van der Waals surface area (Å²) >= 11 is 5.59. The molecule has 20 heavy (non-hydrogen) atoms. The van der Waals surface area contributed by atoms with Gasteiger partial charge in [-0.2, -0.15) is 8.42 Å². The lowest BCUT2D eigenvalue weighted by molar-refractivity contribution is 0.425. The molecule has 0 amide bonds. The SMILES string of the molecule is CCN(c1ccc(F)cc1)S(=O)(=O)c1ccc(CCl)o1. The number of halogens is 2. The van der Waals surface area contributed by atoms with Crippen LogP contribution in [0.4, 0.5) is 10.1 Å². The van der Waals surface area contributed by atoms with Gasteiger partial charge in [-0.05, 0) is 43.3 Å². The third-order valence-corrected chi connectivity index (χ3v) is 4.76. The number of hydrogen-bond acceptors (Lipinski definition) is 3. The van der Waals surface area contributed by atoms with Crippen molar-refractivity contribution >= 4 is 27.3 Å². The van der Waals surface area contributed by atoms with E-state index in [4.69, 9.17) is 16.0 Å².